The van der Waals surface area contributed by atoms with Crippen LogP contribution in [-0.2, 0) is 0 Å². The van der Waals surface area contributed by atoms with Gasteiger partial charge < -0.3 is 10.2 Å². The minimum absolute atomic E-state index is 0.989. The smallest absolute Gasteiger partial charge is 0.105 e. The van der Waals surface area contributed by atoms with Crippen molar-refractivity contribution in [2.24, 2.45) is 0 Å². The molecule has 0 amide bonds. The van der Waals surface area contributed by atoms with E-state index < -0.39 is 0 Å². The fraction of sp³-hybridized carbons (Fsp3) is 0.500. The molecule has 0 saturated heterocycles. The molecular formula is C8H12N2. The highest BCUT2D eigenvalue weighted by Crippen LogP contribution is 2.21. The van der Waals surface area contributed by atoms with Crippen molar-refractivity contribution < 1.29 is 0 Å². The van der Waals surface area contributed by atoms with Gasteiger partial charge in [-0.1, -0.05) is 12.2 Å². The Morgan fingerprint density at radius 2 is 2.50 bits per heavy atom. The number of dihydropyridines is 1. The summed E-state index contributed by atoms with van der Waals surface area (Å²) in [4.78, 5) is 2.28. The minimum Gasteiger partial charge on any atom is -0.368 e. The molecule has 0 atom stereocenters. The van der Waals surface area contributed by atoms with Crippen LogP contribution in [0, 0.1) is 0 Å². The zero-order chi connectivity index (χ0) is 6.97. The molecule has 2 aliphatic heterocycles. The summed E-state index contributed by atoms with van der Waals surface area (Å²) in [6, 6.07) is 0. The maximum absolute atomic E-state index is 3.35. The summed E-state index contributed by atoms with van der Waals surface area (Å²) in [6.07, 6.45) is 5.61. The molecule has 54 valence electrons. The van der Waals surface area contributed by atoms with Crippen LogP contribution in [0.3, 0.4) is 0 Å². The highest BCUT2D eigenvalue weighted by Gasteiger charge is 2.18. The van der Waals surface area contributed by atoms with Crippen molar-refractivity contribution in [3.63, 3.8) is 0 Å². The van der Waals surface area contributed by atoms with Crippen LogP contribution in [0.25, 0.3) is 0 Å². The molecule has 0 aliphatic carbocycles. The molecule has 0 aromatic heterocycles. The molecule has 0 bridgehead atoms. The van der Waals surface area contributed by atoms with E-state index in [1.165, 1.54) is 24.4 Å². The van der Waals surface area contributed by atoms with E-state index in [1.54, 1.807) is 0 Å². The van der Waals surface area contributed by atoms with Gasteiger partial charge in [0.15, 0.2) is 0 Å². The lowest BCUT2D eigenvalue weighted by molar-refractivity contribution is 0.428. The Labute approximate surface area is 61.2 Å². The van der Waals surface area contributed by atoms with Crippen LogP contribution in [0.5, 0.6) is 0 Å². The standard InChI is InChI=1S/C8H12N2/c1-10-6-4-7-3-2-5-9-8(7)10/h2-3,9H,4-6H2,1H3. The topological polar surface area (TPSA) is 15.3 Å². The van der Waals surface area contributed by atoms with E-state index in [0.717, 1.165) is 6.54 Å². The molecule has 0 fully saturated rings. The molecule has 2 heterocycles. The molecule has 10 heavy (non-hydrogen) atoms. The summed E-state index contributed by atoms with van der Waals surface area (Å²) < 4.78 is 0. The summed E-state index contributed by atoms with van der Waals surface area (Å²) in [5.41, 5.74) is 1.47. The number of rotatable bonds is 0. The zero-order valence-electron chi connectivity index (χ0n) is 6.22. The maximum Gasteiger partial charge on any atom is 0.105 e. The Morgan fingerprint density at radius 3 is 3.30 bits per heavy atom. The summed E-state index contributed by atoms with van der Waals surface area (Å²) in [7, 11) is 2.13. The molecule has 0 unspecified atom stereocenters. The molecule has 1 N–H and O–H groups in total. The summed E-state index contributed by atoms with van der Waals surface area (Å²) in [5.74, 6) is 1.34. The molecular weight excluding hydrogens is 124 g/mol. The van der Waals surface area contributed by atoms with Gasteiger partial charge in [0, 0.05) is 20.1 Å². The van der Waals surface area contributed by atoms with E-state index in [0.29, 0.717) is 0 Å². The first-order valence-electron chi connectivity index (χ1n) is 3.72. The molecule has 2 heteroatoms. The van der Waals surface area contributed by atoms with Gasteiger partial charge in [-0.15, -0.1) is 0 Å². The number of nitrogens with zero attached hydrogens (tertiary/aromatic N) is 1. The SMILES string of the molecule is CN1CCC2=C1NCC=C2. The van der Waals surface area contributed by atoms with Crippen molar-refractivity contribution in [3.05, 3.63) is 23.5 Å². The van der Waals surface area contributed by atoms with E-state index in [2.05, 4.69) is 29.4 Å². The van der Waals surface area contributed by atoms with E-state index in [9.17, 15) is 0 Å². The molecule has 2 aliphatic rings. The van der Waals surface area contributed by atoms with Gasteiger partial charge in [-0.05, 0) is 12.0 Å². The Kier molecular flexibility index (Phi) is 1.19. The zero-order valence-corrected chi connectivity index (χ0v) is 6.22. The van der Waals surface area contributed by atoms with E-state index >= 15 is 0 Å². The van der Waals surface area contributed by atoms with Gasteiger partial charge in [0.1, 0.15) is 5.82 Å². The van der Waals surface area contributed by atoms with Crippen molar-refractivity contribution in [3.8, 4) is 0 Å². The van der Waals surface area contributed by atoms with Crippen LogP contribution < -0.4 is 5.32 Å². The van der Waals surface area contributed by atoms with E-state index in [-0.39, 0.29) is 0 Å². The van der Waals surface area contributed by atoms with Crippen molar-refractivity contribution >= 4 is 0 Å². The third kappa shape index (κ3) is 0.719. The van der Waals surface area contributed by atoms with Gasteiger partial charge in [0.2, 0.25) is 0 Å². The molecule has 0 saturated carbocycles. The van der Waals surface area contributed by atoms with Crippen LogP contribution in [0.2, 0.25) is 0 Å². The highest BCUT2D eigenvalue weighted by molar-refractivity contribution is 5.31. The Hall–Kier alpha value is -0.920. The van der Waals surface area contributed by atoms with Crippen LogP contribution in [0.1, 0.15) is 6.42 Å². The molecule has 2 rings (SSSR count). The predicted octanol–water partition coefficient (Wildman–Crippen LogP) is 0.693. The average molecular weight is 136 g/mol. The second-order valence-corrected chi connectivity index (χ2v) is 2.83. The predicted molar refractivity (Wildman–Crippen MR) is 41.4 cm³/mol. The van der Waals surface area contributed by atoms with Crippen LogP contribution in [-0.4, -0.2) is 25.0 Å². The van der Waals surface area contributed by atoms with E-state index in [4.69, 9.17) is 0 Å². The normalized spacial score (nSPS) is 23.1. The third-order valence-corrected chi connectivity index (χ3v) is 2.11. The minimum atomic E-state index is 0.989. The Balaban J connectivity index is 2.29. The molecule has 0 aromatic rings. The first-order valence-corrected chi connectivity index (χ1v) is 3.72. The van der Waals surface area contributed by atoms with Crippen molar-refractivity contribution in [1.29, 1.82) is 0 Å². The van der Waals surface area contributed by atoms with Gasteiger partial charge in [0.05, 0.1) is 0 Å². The molecule has 0 radical (unpaired) electrons. The molecule has 0 spiro atoms. The third-order valence-electron chi connectivity index (χ3n) is 2.11. The van der Waals surface area contributed by atoms with Crippen LogP contribution in [0.4, 0.5) is 0 Å². The van der Waals surface area contributed by atoms with Gasteiger partial charge >= 0.3 is 0 Å². The number of nitrogens with one attached hydrogen (secondary N) is 1. The first-order chi connectivity index (χ1) is 4.88. The largest absolute Gasteiger partial charge is 0.368 e. The number of hydrogen-bond acceptors (Lipinski definition) is 2. The first kappa shape index (κ1) is 5.83. The van der Waals surface area contributed by atoms with Crippen molar-refractivity contribution in [2.75, 3.05) is 20.1 Å². The average Bonchev–Trinajstić information content (AvgIpc) is 2.34. The lowest BCUT2D eigenvalue weighted by Crippen LogP contribution is -2.27. The van der Waals surface area contributed by atoms with Crippen molar-refractivity contribution in [1.82, 2.24) is 10.2 Å². The van der Waals surface area contributed by atoms with Crippen LogP contribution in [0.15, 0.2) is 23.5 Å². The fourth-order valence-corrected chi connectivity index (χ4v) is 1.53. The lowest BCUT2D eigenvalue weighted by Gasteiger charge is -2.19. The number of allylic oxidation sites excluding steroid dienone is 1. The van der Waals surface area contributed by atoms with Gasteiger partial charge in [-0.25, -0.2) is 0 Å². The second-order valence-electron chi connectivity index (χ2n) is 2.83. The maximum atomic E-state index is 3.35. The summed E-state index contributed by atoms with van der Waals surface area (Å²) >= 11 is 0. The number of hydrogen-bond donors (Lipinski definition) is 1. The monoisotopic (exact) mass is 136 g/mol. The van der Waals surface area contributed by atoms with Crippen molar-refractivity contribution in [2.45, 2.75) is 6.42 Å². The lowest BCUT2D eigenvalue weighted by atomic mass is 10.2. The fourth-order valence-electron chi connectivity index (χ4n) is 1.53. The summed E-state index contributed by atoms with van der Waals surface area (Å²) in [6.45, 7) is 2.16. The van der Waals surface area contributed by atoms with Gasteiger partial charge in [-0.3, -0.25) is 0 Å². The quantitative estimate of drug-likeness (QED) is 0.527. The molecule has 2 nitrogen and oxygen atoms in total. The van der Waals surface area contributed by atoms with Gasteiger partial charge in [0.25, 0.3) is 0 Å². The van der Waals surface area contributed by atoms with E-state index in [1.807, 2.05) is 0 Å². The van der Waals surface area contributed by atoms with Crippen LogP contribution >= 0.6 is 0 Å². The molecule has 0 aromatic carbocycles. The van der Waals surface area contributed by atoms with Gasteiger partial charge in [-0.2, -0.15) is 0 Å². The second kappa shape index (κ2) is 2.04. The highest BCUT2D eigenvalue weighted by atomic mass is 15.2. The Bertz CT molecular complexity index is 203. The summed E-state index contributed by atoms with van der Waals surface area (Å²) in [5, 5.41) is 3.35. The Morgan fingerprint density at radius 1 is 1.60 bits per heavy atom.